The second-order valence-electron chi connectivity index (χ2n) is 11.0. The number of fused-ring (bicyclic) bond motifs is 2. The lowest BCUT2D eigenvalue weighted by molar-refractivity contribution is -0.661. The second-order valence-corrected chi connectivity index (χ2v) is 14.7. The highest BCUT2D eigenvalue weighted by molar-refractivity contribution is 8.00. The Hall–Kier alpha value is -4.39. The van der Waals surface area contributed by atoms with Gasteiger partial charge in [0.05, 0.1) is 24.8 Å². The Labute approximate surface area is 284 Å². The number of thiazole rings is 1. The summed E-state index contributed by atoms with van der Waals surface area (Å²) in [6.07, 6.45) is 7.94. The molecular weight excluding hydrogens is 688 g/mol. The van der Waals surface area contributed by atoms with Crippen LogP contribution in [0.15, 0.2) is 57.5 Å². The van der Waals surface area contributed by atoms with Crippen LogP contribution in [0.25, 0.3) is 5.65 Å². The first kappa shape index (κ1) is 31.2. The number of nitrogens with zero attached hydrogens (tertiary/aromatic N) is 7. The lowest BCUT2D eigenvalue weighted by Gasteiger charge is -2.49. The molecule has 19 heteroatoms. The van der Waals surface area contributed by atoms with Gasteiger partial charge in [0.25, 0.3) is 11.8 Å². The average Bonchev–Trinajstić information content (AvgIpc) is 3.35. The first-order valence-corrected chi connectivity index (χ1v) is 17.5. The fraction of sp³-hybridized carbons (Fsp3) is 0.321. The predicted octanol–water partition coefficient (Wildman–Crippen LogP) is 1.49. The number of amides is 2. The topological polar surface area (TPSA) is 199 Å². The molecule has 6 N–H and O–H groups in total. The summed E-state index contributed by atoms with van der Waals surface area (Å²) < 4.78 is 6.06. The van der Waals surface area contributed by atoms with Crippen LogP contribution in [0.4, 0.5) is 5.13 Å². The van der Waals surface area contributed by atoms with Crippen molar-refractivity contribution < 1.29 is 28.9 Å². The number of thiophene rings is 1. The van der Waals surface area contributed by atoms with Crippen LogP contribution in [0.1, 0.15) is 29.0 Å². The maximum absolute atomic E-state index is 13.3. The van der Waals surface area contributed by atoms with Gasteiger partial charge >= 0.3 is 11.6 Å². The number of aromatic nitrogens is 4. The summed E-state index contributed by atoms with van der Waals surface area (Å²) in [5.74, 6) is -1.62. The summed E-state index contributed by atoms with van der Waals surface area (Å²) in [5, 5.41) is 18.1. The van der Waals surface area contributed by atoms with E-state index in [1.54, 1.807) is 11.3 Å². The molecule has 1 saturated carbocycles. The molecule has 0 spiro atoms. The lowest BCUT2D eigenvalue weighted by Crippen LogP contribution is -2.71. The van der Waals surface area contributed by atoms with E-state index in [0.717, 1.165) is 40.3 Å². The number of hydrogen-bond donors (Lipinski definition) is 4. The first-order chi connectivity index (χ1) is 22.6. The van der Waals surface area contributed by atoms with Crippen molar-refractivity contribution in [1.82, 2.24) is 24.4 Å². The second kappa shape index (κ2) is 12.3. The van der Waals surface area contributed by atoms with Gasteiger partial charge in [0.15, 0.2) is 17.0 Å². The predicted molar refractivity (Wildman–Crippen MR) is 178 cm³/mol. The fourth-order valence-electron chi connectivity index (χ4n) is 5.50. The Kier molecular flexibility index (Phi) is 8.19. The highest BCUT2D eigenvalue weighted by atomic mass is 35.5. The number of carbonyl (C=O) groups excluding carboxylic acids is 2. The Balaban J connectivity index is 1.07. The molecule has 1 saturated heterocycles. The van der Waals surface area contributed by atoms with Crippen LogP contribution in [0.3, 0.4) is 0 Å². The van der Waals surface area contributed by atoms with Gasteiger partial charge in [-0.15, -0.1) is 27.6 Å². The maximum atomic E-state index is 13.3. The average molecular weight is 716 g/mol. The molecule has 0 radical (unpaired) electrons. The molecule has 0 bridgehead atoms. The first-order valence-electron chi connectivity index (χ1n) is 14.3. The van der Waals surface area contributed by atoms with E-state index in [-0.39, 0.29) is 33.1 Å². The molecule has 6 heterocycles. The third kappa shape index (κ3) is 5.85. The van der Waals surface area contributed by atoms with E-state index in [1.165, 1.54) is 23.8 Å². The standard InChI is InChI=1S/C28H27ClN10O5S3/c1-44-35-19(18-22(29)47-28(31)34-18)24(40)33-20-25(41)39-21(27(42)43)14(12-46-26(20)39)9-37-5-4-17-36(6-7-38(17)37)10-16-8-13(11-45-16)23(30)32-15-2-3-15/h4-8,11,15,20,26H,2-3,9-10,12H2,1H3,(H5-,30,31,32,33,34,40,42,43)/p+1/b35-19-/t20-,26-/m1/s1. The van der Waals surface area contributed by atoms with Gasteiger partial charge in [-0.1, -0.05) is 28.1 Å². The van der Waals surface area contributed by atoms with E-state index in [9.17, 15) is 19.5 Å². The molecule has 244 valence electrons. The molecule has 3 aliphatic rings. The number of carbonyl (C=O) groups is 3. The van der Waals surface area contributed by atoms with Crippen LogP contribution in [0.2, 0.25) is 4.34 Å². The van der Waals surface area contributed by atoms with Crippen molar-refractivity contribution in [3.8, 4) is 0 Å². The fourth-order valence-corrected chi connectivity index (χ4v) is 8.64. The highest BCUT2D eigenvalue weighted by Crippen LogP contribution is 2.41. The SMILES string of the molecule is CO/N=C(\C(=O)N[C@@H]1C(=O)N2C(C(=O)O)=C(Cn3ccc4n3cc[n+]4Cc3cc(C(N)=NC4CC4)cs3)CS[C@H]12)c1nc(N)sc1Cl. The van der Waals surface area contributed by atoms with Crippen LogP contribution in [0, 0.1) is 0 Å². The number of carboxylic acid groups (broad SMARTS) is 1. The number of aliphatic imine (C=N–C) groups is 1. The molecule has 2 amide bonds. The summed E-state index contributed by atoms with van der Waals surface area (Å²) in [7, 11) is 1.25. The van der Waals surface area contributed by atoms with Crippen molar-refractivity contribution in [3.05, 3.63) is 67.8 Å². The minimum atomic E-state index is -1.22. The van der Waals surface area contributed by atoms with Gasteiger partial charge in [0, 0.05) is 21.6 Å². The van der Waals surface area contributed by atoms with E-state index < -0.39 is 29.2 Å². The summed E-state index contributed by atoms with van der Waals surface area (Å²) >= 11 is 10.1. The number of nitrogens with two attached hydrogens (primary N) is 2. The summed E-state index contributed by atoms with van der Waals surface area (Å²) in [6.45, 7) is 0.878. The zero-order valence-electron chi connectivity index (χ0n) is 24.7. The van der Waals surface area contributed by atoms with Crippen molar-refractivity contribution >= 4 is 86.1 Å². The zero-order valence-corrected chi connectivity index (χ0v) is 27.9. The minimum absolute atomic E-state index is 0.0226. The number of carboxylic acids is 1. The summed E-state index contributed by atoms with van der Waals surface area (Å²) in [6, 6.07) is 3.39. The minimum Gasteiger partial charge on any atom is -0.477 e. The van der Waals surface area contributed by atoms with Crippen molar-refractivity contribution in [2.24, 2.45) is 15.9 Å². The van der Waals surface area contributed by atoms with Gasteiger partial charge in [0.2, 0.25) is 0 Å². The maximum Gasteiger partial charge on any atom is 0.352 e. The van der Waals surface area contributed by atoms with Gasteiger partial charge in [-0.05, 0) is 24.5 Å². The summed E-state index contributed by atoms with van der Waals surface area (Å²) in [4.78, 5) is 54.7. The number of anilines is 1. The van der Waals surface area contributed by atoms with Crippen molar-refractivity contribution in [2.45, 2.75) is 43.4 Å². The van der Waals surface area contributed by atoms with Crippen LogP contribution in [0.5, 0.6) is 0 Å². The normalized spacial score (nSPS) is 20.0. The van der Waals surface area contributed by atoms with Gasteiger partial charge in [-0.3, -0.25) is 19.5 Å². The van der Waals surface area contributed by atoms with Gasteiger partial charge in [-0.25, -0.2) is 19.0 Å². The number of hydrogen-bond acceptors (Lipinski definition) is 11. The molecule has 0 unspecified atom stereocenters. The molecule has 2 aliphatic heterocycles. The number of nitrogens with one attached hydrogen (secondary N) is 1. The number of imidazole rings is 1. The Bertz CT molecular complexity index is 2020. The van der Waals surface area contributed by atoms with Crippen molar-refractivity contribution in [1.29, 1.82) is 0 Å². The van der Waals surface area contributed by atoms with E-state index in [2.05, 4.69) is 31.1 Å². The molecule has 47 heavy (non-hydrogen) atoms. The largest absolute Gasteiger partial charge is 0.477 e. The Morgan fingerprint density at radius 2 is 2.13 bits per heavy atom. The summed E-state index contributed by atoms with van der Waals surface area (Å²) in [5.41, 5.74) is 14.0. The van der Waals surface area contributed by atoms with Crippen molar-refractivity contribution in [2.75, 3.05) is 18.6 Å². The van der Waals surface area contributed by atoms with Crippen LogP contribution in [-0.2, 0) is 32.3 Å². The van der Waals surface area contributed by atoms with Crippen molar-refractivity contribution in [3.63, 3.8) is 0 Å². The molecule has 2 atom stereocenters. The Morgan fingerprint density at radius 1 is 1.32 bits per heavy atom. The number of nitrogen functional groups attached to an aromatic ring is 1. The van der Waals surface area contributed by atoms with Gasteiger partial charge in [-0.2, -0.15) is 0 Å². The number of β-lactam (4-membered cyclic amide) rings is 1. The molecule has 4 aromatic rings. The zero-order chi connectivity index (χ0) is 33.0. The molecule has 1 aliphatic carbocycles. The number of aliphatic carboxylic acids is 1. The van der Waals surface area contributed by atoms with Crippen LogP contribution >= 0.6 is 46.0 Å². The smallest absolute Gasteiger partial charge is 0.352 e. The molecular formula is C28H28ClN10O5S3+. The quantitative estimate of drug-likeness (QED) is 0.0584. The highest BCUT2D eigenvalue weighted by Gasteiger charge is 2.54. The molecule has 0 aromatic carbocycles. The van der Waals surface area contributed by atoms with E-state index in [1.807, 2.05) is 39.2 Å². The third-order valence-corrected chi connectivity index (χ3v) is 11.2. The van der Waals surface area contributed by atoms with Gasteiger partial charge < -0.3 is 26.7 Å². The van der Waals surface area contributed by atoms with E-state index in [0.29, 0.717) is 29.7 Å². The van der Waals surface area contributed by atoms with Crippen LogP contribution in [-0.4, -0.2) is 83.8 Å². The lowest BCUT2D eigenvalue weighted by atomic mass is 10.0. The molecule has 4 aromatic heterocycles. The monoisotopic (exact) mass is 715 g/mol. The number of thioether (sulfide) groups is 1. The molecule has 7 rings (SSSR count). The molecule has 2 fully saturated rings. The number of halogens is 1. The van der Waals surface area contributed by atoms with E-state index >= 15 is 0 Å². The third-order valence-electron chi connectivity index (χ3n) is 7.85. The van der Waals surface area contributed by atoms with Gasteiger partial charge in [0.1, 0.15) is 52.8 Å². The number of oxime groups is 1. The number of amidine groups is 1. The van der Waals surface area contributed by atoms with Crippen LogP contribution < -0.4 is 21.4 Å². The van der Waals surface area contributed by atoms with E-state index in [4.69, 9.17) is 27.9 Å². The number of rotatable bonds is 11. The molecule has 15 nitrogen and oxygen atoms in total. The Morgan fingerprint density at radius 3 is 2.83 bits per heavy atom.